The number of rotatable bonds is 10. The highest BCUT2D eigenvalue weighted by molar-refractivity contribution is 7.99. The van der Waals surface area contributed by atoms with Crippen molar-refractivity contribution in [3.63, 3.8) is 0 Å². The Morgan fingerprint density at radius 3 is 2.74 bits per heavy atom. The highest BCUT2D eigenvalue weighted by Crippen LogP contribution is 2.20. The molecule has 0 saturated heterocycles. The van der Waals surface area contributed by atoms with Crippen LogP contribution >= 0.6 is 11.8 Å². The lowest BCUT2D eigenvalue weighted by Gasteiger charge is -2.22. The van der Waals surface area contributed by atoms with Crippen molar-refractivity contribution in [3.8, 4) is 0 Å². The molecule has 1 aliphatic rings. The van der Waals surface area contributed by atoms with Crippen molar-refractivity contribution in [1.29, 1.82) is 0 Å². The highest BCUT2D eigenvalue weighted by atomic mass is 32.2. The van der Waals surface area contributed by atoms with E-state index in [-0.39, 0.29) is 29.8 Å². The first-order valence-corrected chi connectivity index (χ1v) is 11.5. The van der Waals surface area contributed by atoms with Gasteiger partial charge in [-0.2, -0.15) is 0 Å². The molecular weight excluding hydrogens is 417 g/mol. The molecule has 1 aromatic heterocycles. The van der Waals surface area contributed by atoms with Crippen molar-refractivity contribution in [3.05, 3.63) is 54.1 Å². The maximum absolute atomic E-state index is 13.7. The van der Waals surface area contributed by atoms with Crippen LogP contribution in [0.2, 0.25) is 0 Å². The van der Waals surface area contributed by atoms with E-state index < -0.39 is 11.7 Å². The number of halogens is 1. The van der Waals surface area contributed by atoms with Gasteiger partial charge in [-0.3, -0.25) is 9.59 Å². The van der Waals surface area contributed by atoms with Gasteiger partial charge in [0.15, 0.2) is 5.16 Å². The van der Waals surface area contributed by atoms with Crippen LogP contribution in [0, 0.1) is 5.82 Å². The minimum absolute atomic E-state index is 0.00348. The molecule has 0 bridgehead atoms. The van der Waals surface area contributed by atoms with Crippen LogP contribution in [-0.4, -0.2) is 44.9 Å². The normalized spacial score (nSPS) is 14.2. The van der Waals surface area contributed by atoms with Gasteiger partial charge in [-0.25, -0.2) is 4.39 Å². The first kappa shape index (κ1) is 23.0. The lowest BCUT2D eigenvalue weighted by Crippen LogP contribution is -2.37. The van der Waals surface area contributed by atoms with Gasteiger partial charge in [-0.15, -0.1) is 16.8 Å². The molecule has 2 amide bonds. The SMILES string of the molecule is C=CCn1c(CCNC(=O)c2ccccc2F)nnc1SCC(=O)NC1CCCCC1. The first-order chi connectivity index (χ1) is 15.1. The zero-order valence-corrected chi connectivity index (χ0v) is 18.3. The second-order valence-corrected chi connectivity index (χ2v) is 8.42. The average Bonchev–Trinajstić information content (AvgIpc) is 3.15. The van der Waals surface area contributed by atoms with Gasteiger partial charge in [0.2, 0.25) is 5.91 Å². The predicted octanol–water partition coefficient (Wildman–Crippen LogP) is 3.12. The number of aromatic nitrogens is 3. The minimum Gasteiger partial charge on any atom is -0.353 e. The van der Waals surface area contributed by atoms with Gasteiger partial charge in [0.25, 0.3) is 5.91 Å². The molecule has 2 aromatic rings. The monoisotopic (exact) mass is 445 g/mol. The molecule has 1 fully saturated rings. The van der Waals surface area contributed by atoms with Crippen LogP contribution in [0.15, 0.2) is 42.1 Å². The second-order valence-electron chi connectivity index (χ2n) is 7.47. The van der Waals surface area contributed by atoms with Crippen molar-refractivity contribution in [2.24, 2.45) is 0 Å². The van der Waals surface area contributed by atoms with Crippen molar-refractivity contribution in [1.82, 2.24) is 25.4 Å². The van der Waals surface area contributed by atoms with E-state index in [9.17, 15) is 14.0 Å². The van der Waals surface area contributed by atoms with Crippen molar-refractivity contribution in [2.75, 3.05) is 12.3 Å². The van der Waals surface area contributed by atoms with Crippen LogP contribution in [0.4, 0.5) is 4.39 Å². The number of allylic oxidation sites excluding steroid dienone is 1. The number of carbonyl (C=O) groups is 2. The maximum Gasteiger partial charge on any atom is 0.254 e. The summed E-state index contributed by atoms with van der Waals surface area (Å²) in [5, 5.41) is 14.8. The summed E-state index contributed by atoms with van der Waals surface area (Å²) in [6.07, 6.45) is 7.84. The number of hydrogen-bond donors (Lipinski definition) is 2. The van der Waals surface area contributed by atoms with Crippen LogP contribution in [0.25, 0.3) is 0 Å². The van der Waals surface area contributed by atoms with Gasteiger partial charge >= 0.3 is 0 Å². The van der Waals surface area contributed by atoms with Crippen molar-refractivity contribution >= 4 is 23.6 Å². The standard InChI is InChI=1S/C22H28FN5O2S/c1-2-14-28-19(12-13-24-21(30)17-10-6-7-11-18(17)23)26-27-22(28)31-15-20(29)25-16-8-4-3-5-9-16/h2,6-7,10-11,16H,1,3-5,8-9,12-15H2,(H,24,30)(H,25,29). The molecule has 1 aromatic carbocycles. The Balaban J connectivity index is 1.52. The van der Waals surface area contributed by atoms with E-state index in [2.05, 4.69) is 27.4 Å². The summed E-state index contributed by atoms with van der Waals surface area (Å²) in [7, 11) is 0. The molecule has 7 nitrogen and oxygen atoms in total. The molecule has 31 heavy (non-hydrogen) atoms. The number of benzene rings is 1. The van der Waals surface area contributed by atoms with Gasteiger partial charge in [-0.1, -0.05) is 49.2 Å². The third kappa shape index (κ3) is 6.65. The molecule has 0 aliphatic heterocycles. The molecule has 1 saturated carbocycles. The zero-order valence-electron chi connectivity index (χ0n) is 17.5. The third-order valence-corrected chi connectivity index (χ3v) is 6.13. The Morgan fingerprint density at radius 1 is 1.23 bits per heavy atom. The van der Waals surface area contributed by atoms with E-state index in [0.29, 0.717) is 23.9 Å². The van der Waals surface area contributed by atoms with E-state index in [1.807, 2.05) is 4.57 Å². The fraction of sp³-hybridized carbons (Fsp3) is 0.455. The topological polar surface area (TPSA) is 88.9 Å². The van der Waals surface area contributed by atoms with Gasteiger partial charge < -0.3 is 15.2 Å². The molecular formula is C22H28FN5O2S. The number of nitrogens with one attached hydrogen (secondary N) is 2. The first-order valence-electron chi connectivity index (χ1n) is 10.6. The van der Waals surface area contributed by atoms with Crippen LogP contribution in [-0.2, 0) is 17.8 Å². The summed E-state index contributed by atoms with van der Waals surface area (Å²) in [6, 6.07) is 6.13. The molecule has 166 valence electrons. The Morgan fingerprint density at radius 2 is 2.00 bits per heavy atom. The number of thioether (sulfide) groups is 1. The highest BCUT2D eigenvalue weighted by Gasteiger charge is 2.18. The second kappa shape index (κ2) is 11.6. The van der Waals surface area contributed by atoms with E-state index in [0.717, 1.165) is 12.8 Å². The number of carbonyl (C=O) groups excluding carboxylic acids is 2. The molecule has 1 heterocycles. The van der Waals surface area contributed by atoms with Crippen molar-refractivity contribution < 1.29 is 14.0 Å². The third-order valence-electron chi connectivity index (χ3n) is 5.16. The number of amides is 2. The van der Waals surface area contributed by atoms with Crippen LogP contribution in [0.3, 0.4) is 0 Å². The largest absolute Gasteiger partial charge is 0.353 e. The quantitative estimate of drug-likeness (QED) is 0.433. The smallest absolute Gasteiger partial charge is 0.254 e. The fourth-order valence-electron chi connectivity index (χ4n) is 3.60. The van der Waals surface area contributed by atoms with Crippen LogP contribution < -0.4 is 10.6 Å². The van der Waals surface area contributed by atoms with E-state index in [4.69, 9.17) is 0 Å². The maximum atomic E-state index is 13.7. The zero-order chi connectivity index (χ0) is 22.1. The predicted molar refractivity (Wildman–Crippen MR) is 118 cm³/mol. The van der Waals surface area contributed by atoms with Crippen LogP contribution in [0.1, 0.15) is 48.3 Å². The molecule has 3 rings (SSSR count). The Hall–Kier alpha value is -2.68. The molecule has 0 radical (unpaired) electrons. The minimum atomic E-state index is -0.556. The lowest BCUT2D eigenvalue weighted by molar-refractivity contribution is -0.119. The number of hydrogen-bond acceptors (Lipinski definition) is 5. The van der Waals surface area contributed by atoms with Gasteiger partial charge in [0.05, 0.1) is 11.3 Å². The van der Waals surface area contributed by atoms with E-state index in [1.165, 1.54) is 43.2 Å². The average molecular weight is 446 g/mol. The summed E-state index contributed by atoms with van der Waals surface area (Å²) in [4.78, 5) is 24.4. The van der Waals surface area contributed by atoms with E-state index in [1.54, 1.807) is 18.2 Å². The fourth-order valence-corrected chi connectivity index (χ4v) is 4.38. The Kier molecular flexibility index (Phi) is 8.63. The lowest BCUT2D eigenvalue weighted by atomic mass is 9.95. The molecule has 9 heteroatoms. The van der Waals surface area contributed by atoms with Crippen LogP contribution in [0.5, 0.6) is 0 Å². The van der Waals surface area contributed by atoms with Gasteiger partial charge in [-0.05, 0) is 25.0 Å². The summed E-state index contributed by atoms with van der Waals surface area (Å²) < 4.78 is 15.6. The summed E-state index contributed by atoms with van der Waals surface area (Å²) in [5.74, 6) is -0.0787. The molecule has 0 spiro atoms. The molecule has 0 unspecified atom stereocenters. The van der Waals surface area contributed by atoms with E-state index >= 15 is 0 Å². The summed E-state index contributed by atoms with van der Waals surface area (Å²) in [6.45, 7) is 4.56. The van der Waals surface area contributed by atoms with Gasteiger partial charge in [0, 0.05) is 25.6 Å². The molecule has 1 aliphatic carbocycles. The Labute approximate surface area is 185 Å². The number of nitrogens with zero attached hydrogens (tertiary/aromatic N) is 3. The van der Waals surface area contributed by atoms with Gasteiger partial charge in [0.1, 0.15) is 11.6 Å². The summed E-state index contributed by atoms with van der Waals surface area (Å²) in [5.41, 5.74) is 0.00952. The molecule has 0 atom stereocenters. The Bertz CT molecular complexity index is 911. The molecule has 2 N–H and O–H groups in total. The summed E-state index contributed by atoms with van der Waals surface area (Å²) >= 11 is 1.34. The van der Waals surface area contributed by atoms with Crippen molar-refractivity contribution in [2.45, 2.75) is 56.3 Å².